The van der Waals surface area contributed by atoms with E-state index in [0.717, 1.165) is 23.6 Å². The van der Waals surface area contributed by atoms with E-state index >= 15 is 0 Å². The predicted octanol–water partition coefficient (Wildman–Crippen LogP) is 4.15. The maximum atomic E-state index is 13.2. The maximum absolute atomic E-state index is 13.2. The molecule has 2 aliphatic heterocycles. The first kappa shape index (κ1) is 20.3. The molecule has 1 amide bonds. The van der Waals surface area contributed by atoms with Crippen LogP contribution in [-0.2, 0) is 14.3 Å². The van der Waals surface area contributed by atoms with Crippen molar-refractivity contribution in [2.75, 3.05) is 13.2 Å². The Morgan fingerprint density at radius 1 is 1.03 bits per heavy atom. The smallest absolute Gasteiger partial charge is 0.295 e. The molecule has 2 fully saturated rings. The van der Waals surface area contributed by atoms with Crippen molar-refractivity contribution in [3.8, 4) is 5.75 Å². The molecule has 0 spiro atoms. The zero-order valence-corrected chi connectivity index (χ0v) is 17.4. The second-order valence-corrected chi connectivity index (χ2v) is 8.21. The summed E-state index contributed by atoms with van der Waals surface area (Å²) in [4.78, 5) is 27.7. The number of hydrogen-bond acceptors (Lipinski definition) is 5. The van der Waals surface area contributed by atoms with Crippen LogP contribution in [0.15, 0.2) is 72.3 Å². The van der Waals surface area contributed by atoms with Gasteiger partial charge >= 0.3 is 0 Å². The largest absolute Gasteiger partial charge is 0.508 e. The summed E-state index contributed by atoms with van der Waals surface area (Å²) in [5.41, 5.74) is 1.07. The SMILES string of the molecule is O=C1C(=O)N(CC2CCCO2)C(c2cccc(O)c2)/C1=C(/O)c1cccc2ccccc12. The van der Waals surface area contributed by atoms with E-state index in [1.54, 1.807) is 18.2 Å². The third-order valence-electron chi connectivity index (χ3n) is 6.19. The van der Waals surface area contributed by atoms with Gasteiger partial charge in [-0.1, -0.05) is 54.6 Å². The van der Waals surface area contributed by atoms with Crippen molar-refractivity contribution < 1.29 is 24.5 Å². The standard InChI is InChI=1S/C26H23NO5/c28-18-9-3-8-17(14-18)23-22(25(30)26(31)27(23)15-19-10-5-13-32-19)24(29)21-12-4-7-16-6-1-2-11-20(16)21/h1-4,6-9,11-12,14,19,23,28-29H,5,10,13,15H2/b24-22-. The van der Waals surface area contributed by atoms with Crippen LogP contribution in [0.4, 0.5) is 0 Å². The minimum absolute atomic E-state index is 0.0231. The van der Waals surface area contributed by atoms with E-state index in [1.165, 1.54) is 17.0 Å². The van der Waals surface area contributed by atoms with Gasteiger partial charge in [0.05, 0.1) is 17.7 Å². The molecule has 2 N–H and O–H groups in total. The van der Waals surface area contributed by atoms with Crippen LogP contribution >= 0.6 is 0 Å². The van der Waals surface area contributed by atoms with Gasteiger partial charge in [0.2, 0.25) is 0 Å². The summed E-state index contributed by atoms with van der Waals surface area (Å²) in [5, 5.41) is 23.1. The fourth-order valence-electron chi connectivity index (χ4n) is 4.69. The summed E-state index contributed by atoms with van der Waals surface area (Å²) < 4.78 is 5.71. The fraction of sp³-hybridized carbons (Fsp3) is 0.231. The van der Waals surface area contributed by atoms with Crippen molar-refractivity contribution in [1.29, 1.82) is 0 Å². The van der Waals surface area contributed by atoms with Crippen LogP contribution in [0.25, 0.3) is 16.5 Å². The molecule has 6 heteroatoms. The maximum Gasteiger partial charge on any atom is 0.295 e. The van der Waals surface area contributed by atoms with Crippen molar-refractivity contribution in [2.24, 2.45) is 0 Å². The Bertz CT molecular complexity index is 1240. The Labute approximate surface area is 185 Å². The summed E-state index contributed by atoms with van der Waals surface area (Å²) in [5.74, 6) is -1.60. The molecule has 2 aliphatic rings. The van der Waals surface area contributed by atoms with Gasteiger partial charge in [-0.05, 0) is 41.3 Å². The van der Waals surface area contributed by atoms with E-state index in [1.807, 2.05) is 36.4 Å². The van der Waals surface area contributed by atoms with Gasteiger partial charge in [0.1, 0.15) is 11.5 Å². The van der Waals surface area contributed by atoms with Crippen molar-refractivity contribution >= 4 is 28.2 Å². The quantitative estimate of drug-likeness (QED) is 0.370. The lowest BCUT2D eigenvalue weighted by atomic mass is 9.93. The Hall–Kier alpha value is -3.64. The molecule has 2 heterocycles. The van der Waals surface area contributed by atoms with Crippen molar-refractivity contribution in [3.63, 3.8) is 0 Å². The molecule has 3 aromatic carbocycles. The summed E-state index contributed by atoms with van der Waals surface area (Å²) in [7, 11) is 0. The number of phenols is 1. The van der Waals surface area contributed by atoms with Crippen LogP contribution in [0.5, 0.6) is 5.75 Å². The summed E-state index contributed by atoms with van der Waals surface area (Å²) in [6.07, 6.45) is 1.55. The topological polar surface area (TPSA) is 87.1 Å². The van der Waals surface area contributed by atoms with Crippen molar-refractivity contribution in [3.05, 3.63) is 83.4 Å². The minimum Gasteiger partial charge on any atom is -0.508 e. The number of phenolic OH excluding ortho intramolecular Hbond substituents is 1. The highest BCUT2D eigenvalue weighted by Gasteiger charge is 2.47. The van der Waals surface area contributed by atoms with Gasteiger partial charge in [-0.15, -0.1) is 0 Å². The average molecular weight is 429 g/mol. The highest BCUT2D eigenvalue weighted by Crippen LogP contribution is 2.41. The number of ketones is 1. The van der Waals surface area contributed by atoms with Gasteiger partial charge in [0, 0.05) is 18.7 Å². The van der Waals surface area contributed by atoms with Gasteiger partial charge in [-0.25, -0.2) is 0 Å². The lowest BCUT2D eigenvalue weighted by molar-refractivity contribution is -0.140. The molecule has 3 aromatic rings. The monoisotopic (exact) mass is 429 g/mol. The number of ether oxygens (including phenoxy) is 1. The molecule has 0 aliphatic carbocycles. The molecule has 2 atom stereocenters. The molecule has 6 nitrogen and oxygen atoms in total. The predicted molar refractivity (Wildman–Crippen MR) is 120 cm³/mol. The van der Waals surface area contributed by atoms with Crippen LogP contribution in [0, 0.1) is 0 Å². The van der Waals surface area contributed by atoms with E-state index in [9.17, 15) is 19.8 Å². The number of amides is 1. The van der Waals surface area contributed by atoms with Crippen LogP contribution in [0.3, 0.4) is 0 Å². The fourth-order valence-corrected chi connectivity index (χ4v) is 4.69. The van der Waals surface area contributed by atoms with Crippen molar-refractivity contribution in [1.82, 2.24) is 4.90 Å². The summed E-state index contributed by atoms with van der Waals surface area (Å²) in [6.45, 7) is 0.874. The Kier molecular flexibility index (Phi) is 5.15. The van der Waals surface area contributed by atoms with Gasteiger partial charge in [-0.2, -0.15) is 0 Å². The number of aromatic hydroxyl groups is 1. The molecular weight excluding hydrogens is 406 g/mol. The Morgan fingerprint density at radius 2 is 1.81 bits per heavy atom. The van der Waals surface area contributed by atoms with Gasteiger partial charge in [0.25, 0.3) is 11.7 Å². The molecule has 0 aromatic heterocycles. The highest BCUT2D eigenvalue weighted by molar-refractivity contribution is 6.46. The summed E-state index contributed by atoms with van der Waals surface area (Å²) in [6, 6.07) is 18.7. The van der Waals surface area contributed by atoms with Crippen LogP contribution in [-0.4, -0.2) is 46.1 Å². The molecule has 32 heavy (non-hydrogen) atoms. The third kappa shape index (κ3) is 3.42. The first-order valence-electron chi connectivity index (χ1n) is 10.7. The Balaban J connectivity index is 1.69. The van der Waals surface area contributed by atoms with E-state index < -0.39 is 17.7 Å². The zero-order chi connectivity index (χ0) is 22.2. The van der Waals surface area contributed by atoms with E-state index in [2.05, 4.69) is 0 Å². The number of nitrogens with zero attached hydrogens (tertiary/aromatic N) is 1. The molecule has 0 saturated carbocycles. The van der Waals surface area contributed by atoms with E-state index in [4.69, 9.17) is 4.74 Å². The third-order valence-corrected chi connectivity index (χ3v) is 6.19. The number of likely N-dealkylation sites (tertiary alicyclic amines) is 1. The number of carbonyl (C=O) groups excluding carboxylic acids is 2. The van der Waals surface area contributed by atoms with Crippen molar-refractivity contribution in [2.45, 2.75) is 25.0 Å². The van der Waals surface area contributed by atoms with Crippen LogP contribution in [0.2, 0.25) is 0 Å². The number of hydrogen-bond donors (Lipinski definition) is 2. The number of carbonyl (C=O) groups is 2. The average Bonchev–Trinajstić information content (AvgIpc) is 3.40. The molecule has 0 bridgehead atoms. The first-order valence-corrected chi connectivity index (χ1v) is 10.7. The highest BCUT2D eigenvalue weighted by atomic mass is 16.5. The van der Waals surface area contributed by atoms with Gasteiger partial charge < -0.3 is 19.8 Å². The normalized spacial score (nSPS) is 22.7. The lowest BCUT2D eigenvalue weighted by Crippen LogP contribution is -2.36. The zero-order valence-electron chi connectivity index (χ0n) is 17.4. The van der Waals surface area contributed by atoms with Gasteiger partial charge in [-0.3, -0.25) is 9.59 Å². The van der Waals surface area contributed by atoms with E-state index in [0.29, 0.717) is 17.7 Å². The number of aliphatic hydroxyl groups excluding tert-OH is 1. The second kappa shape index (κ2) is 8.13. The Morgan fingerprint density at radius 3 is 2.59 bits per heavy atom. The second-order valence-electron chi connectivity index (χ2n) is 8.21. The first-order chi connectivity index (χ1) is 15.5. The van der Waals surface area contributed by atoms with Gasteiger partial charge in [0.15, 0.2) is 0 Å². The van der Waals surface area contributed by atoms with Crippen LogP contribution in [0.1, 0.15) is 30.0 Å². The molecule has 162 valence electrons. The number of benzene rings is 3. The van der Waals surface area contributed by atoms with Crippen LogP contribution < -0.4 is 0 Å². The molecule has 0 radical (unpaired) electrons. The minimum atomic E-state index is -0.815. The molecule has 2 unspecified atom stereocenters. The lowest BCUT2D eigenvalue weighted by Gasteiger charge is -2.27. The molecular formula is C26H23NO5. The number of rotatable bonds is 4. The number of Topliss-reactive ketones (excluding diaryl/α,β-unsaturated/α-hetero) is 1. The van der Waals surface area contributed by atoms with E-state index in [-0.39, 0.29) is 29.7 Å². The molecule has 2 saturated heterocycles. The summed E-state index contributed by atoms with van der Waals surface area (Å²) >= 11 is 0. The number of fused-ring (bicyclic) bond motifs is 1. The number of aliphatic hydroxyl groups is 1. The molecule has 5 rings (SSSR count).